The quantitative estimate of drug-likeness (QED) is 0.161. The monoisotopic (exact) mass is 687 g/mol. The number of fused-ring (bicyclic) bond motifs is 1. The summed E-state index contributed by atoms with van der Waals surface area (Å²) in [6.07, 6.45) is -2.07. The first-order chi connectivity index (χ1) is 23.0. The lowest BCUT2D eigenvalue weighted by atomic mass is 9.94. The van der Waals surface area contributed by atoms with E-state index in [4.69, 9.17) is 25.8 Å². The molecule has 3 aromatic carbocycles. The fourth-order valence-electron chi connectivity index (χ4n) is 6.31. The number of hydrogen-bond acceptors (Lipinski definition) is 7. The Bertz CT molecular complexity index is 1680. The smallest absolute Gasteiger partial charge is 0.406 e. The summed E-state index contributed by atoms with van der Waals surface area (Å²) in [4.78, 5) is 22.1. The summed E-state index contributed by atoms with van der Waals surface area (Å²) in [5.74, 6) is 1.26. The fraction of sp³-hybridized carbons (Fsp3) is 0.429. The second-order valence-corrected chi connectivity index (χ2v) is 12.5. The lowest BCUT2D eigenvalue weighted by Gasteiger charge is -2.34. The number of anilines is 1. The predicted octanol–water partition coefficient (Wildman–Crippen LogP) is 7.10. The van der Waals surface area contributed by atoms with Gasteiger partial charge >= 0.3 is 6.18 Å². The highest BCUT2D eigenvalue weighted by atomic mass is 35.5. The van der Waals surface area contributed by atoms with E-state index < -0.39 is 12.7 Å². The summed E-state index contributed by atoms with van der Waals surface area (Å²) in [6.45, 7) is 1.68. The lowest BCUT2D eigenvalue weighted by molar-refractivity contribution is -0.139. The van der Waals surface area contributed by atoms with E-state index in [0.29, 0.717) is 45.4 Å². The number of benzene rings is 3. The van der Waals surface area contributed by atoms with Crippen LogP contribution < -0.4 is 19.5 Å². The highest BCUT2D eigenvalue weighted by Gasteiger charge is 2.31. The Morgan fingerprint density at radius 2 is 1.71 bits per heavy atom. The molecule has 1 aromatic heterocycles. The van der Waals surface area contributed by atoms with Crippen molar-refractivity contribution in [1.29, 1.82) is 0 Å². The van der Waals surface area contributed by atoms with Gasteiger partial charge in [0.15, 0.2) is 11.5 Å². The second-order valence-electron chi connectivity index (χ2n) is 12.0. The van der Waals surface area contributed by atoms with E-state index in [0.717, 1.165) is 44.5 Å². The number of para-hydroxylation sites is 2. The van der Waals surface area contributed by atoms with Crippen LogP contribution in [-0.4, -0.2) is 92.0 Å². The van der Waals surface area contributed by atoms with Gasteiger partial charge in [0, 0.05) is 49.2 Å². The van der Waals surface area contributed by atoms with Gasteiger partial charge in [0.25, 0.3) is 5.91 Å². The zero-order valence-corrected chi connectivity index (χ0v) is 28.3. The van der Waals surface area contributed by atoms with Gasteiger partial charge in [-0.1, -0.05) is 35.9 Å². The zero-order valence-electron chi connectivity index (χ0n) is 27.5. The van der Waals surface area contributed by atoms with Crippen molar-refractivity contribution in [1.82, 2.24) is 19.4 Å². The molecule has 48 heavy (non-hydrogen) atoms. The molecule has 1 N–H and O–H groups in total. The van der Waals surface area contributed by atoms with Crippen molar-refractivity contribution in [3.05, 3.63) is 76.8 Å². The molecule has 4 aromatic rings. The van der Waals surface area contributed by atoms with Crippen molar-refractivity contribution in [2.24, 2.45) is 0 Å². The minimum atomic E-state index is -4.37. The van der Waals surface area contributed by atoms with Crippen LogP contribution in [0.25, 0.3) is 11.0 Å². The summed E-state index contributed by atoms with van der Waals surface area (Å²) in [5, 5.41) is 3.92. The number of likely N-dealkylation sites (tertiary alicyclic amines) is 1. The third kappa shape index (κ3) is 8.46. The number of nitrogens with one attached hydrogen (secondary N) is 1. The van der Waals surface area contributed by atoms with Crippen LogP contribution in [0.3, 0.4) is 0 Å². The SMILES string of the molecule is COc1cc(C(=O)N(C)CC(CCN2CCC(Nc3nc4ccccc4n3CC(F)(F)F)CC2)c2cccc(Cl)c2)cc(OC)c1OC. The first-order valence-corrected chi connectivity index (χ1v) is 16.2. The number of carbonyl (C=O) groups is 1. The first kappa shape index (κ1) is 35.2. The highest BCUT2D eigenvalue weighted by Crippen LogP contribution is 2.38. The van der Waals surface area contributed by atoms with E-state index in [9.17, 15) is 18.0 Å². The van der Waals surface area contributed by atoms with Gasteiger partial charge in [0.2, 0.25) is 11.7 Å². The van der Waals surface area contributed by atoms with Gasteiger partial charge in [-0.15, -0.1) is 0 Å². The van der Waals surface area contributed by atoms with Crippen molar-refractivity contribution >= 4 is 34.5 Å². The van der Waals surface area contributed by atoms with Crippen molar-refractivity contribution in [2.45, 2.75) is 43.9 Å². The average molecular weight is 688 g/mol. The average Bonchev–Trinajstić information content (AvgIpc) is 3.40. The number of aromatic nitrogens is 2. The minimum Gasteiger partial charge on any atom is -0.493 e. The van der Waals surface area contributed by atoms with Crippen LogP contribution in [0.2, 0.25) is 5.02 Å². The Balaban J connectivity index is 1.23. The molecule has 258 valence electrons. The molecule has 1 amide bonds. The van der Waals surface area contributed by atoms with E-state index in [1.54, 1.807) is 48.3 Å². The summed E-state index contributed by atoms with van der Waals surface area (Å²) >= 11 is 6.38. The fourth-order valence-corrected chi connectivity index (χ4v) is 6.51. The number of carbonyl (C=O) groups excluding carboxylic acids is 1. The third-order valence-corrected chi connectivity index (χ3v) is 9.01. The number of rotatable bonds is 13. The maximum absolute atomic E-state index is 13.6. The number of piperidine rings is 1. The Morgan fingerprint density at radius 3 is 2.33 bits per heavy atom. The molecule has 0 spiro atoms. The van der Waals surface area contributed by atoms with Gasteiger partial charge < -0.3 is 33.9 Å². The molecule has 1 aliphatic heterocycles. The maximum Gasteiger partial charge on any atom is 0.406 e. The van der Waals surface area contributed by atoms with Gasteiger partial charge in [-0.25, -0.2) is 4.98 Å². The number of nitrogens with zero attached hydrogens (tertiary/aromatic N) is 4. The summed E-state index contributed by atoms with van der Waals surface area (Å²) < 4.78 is 57.8. The van der Waals surface area contributed by atoms with Crippen LogP contribution in [0.15, 0.2) is 60.7 Å². The molecular formula is C35H41ClF3N5O4. The van der Waals surface area contributed by atoms with E-state index in [1.807, 2.05) is 24.3 Å². The van der Waals surface area contributed by atoms with Crippen LogP contribution in [0.5, 0.6) is 17.2 Å². The molecule has 0 saturated carbocycles. The van der Waals surface area contributed by atoms with Crippen molar-refractivity contribution in [2.75, 3.05) is 59.9 Å². The van der Waals surface area contributed by atoms with Crippen LogP contribution >= 0.6 is 11.6 Å². The van der Waals surface area contributed by atoms with Gasteiger partial charge in [0.05, 0.1) is 32.4 Å². The van der Waals surface area contributed by atoms with Gasteiger partial charge in [-0.3, -0.25) is 4.79 Å². The number of methoxy groups -OCH3 is 3. The number of imidazole rings is 1. The van der Waals surface area contributed by atoms with E-state index in [-0.39, 0.29) is 23.8 Å². The van der Waals surface area contributed by atoms with E-state index in [2.05, 4.69) is 15.2 Å². The number of hydrogen-bond donors (Lipinski definition) is 1. The molecule has 5 rings (SSSR count). The van der Waals surface area contributed by atoms with E-state index in [1.165, 1.54) is 25.9 Å². The summed E-state index contributed by atoms with van der Waals surface area (Å²) in [5.41, 5.74) is 2.43. The van der Waals surface area contributed by atoms with Gasteiger partial charge in [0.1, 0.15) is 6.54 Å². The van der Waals surface area contributed by atoms with Crippen LogP contribution in [0.4, 0.5) is 19.1 Å². The van der Waals surface area contributed by atoms with Gasteiger partial charge in [-0.2, -0.15) is 13.2 Å². The molecule has 1 saturated heterocycles. The van der Waals surface area contributed by atoms with Crippen molar-refractivity contribution in [3.8, 4) is 17.2 Å². The third-order valence-electron chi connectivity index (χ3n) is 8.78. The summed E-state index contributed by atoms with van der Waals surface area (Å²) in [7, 11) is 6.30. The second kappa shape index (κ2) is 15.4. The van der Waals surface area contributed by atoms with E-state index >= 15 is 0 Å². The maximum atomic E-state index is 13.6. The Morgan fingerprint density at radius 1 is 1.02 bits per heavy atom. The molecule has 13 heteroatoms. The normalized spacial score (nSPS) is 14.9. The molecule has 1 atom stereocenters. The topological polar surface area (TPSA) is 81.1 Å². The van der Waals surface area contributed by atoms with Crippen LogP contribution in [0, 0.1) is 0 Å². The zero-order chi connectivity index (χ0) is 34.4. The highest BCUT2D eigenvalue weighted by molar-refractivity contribution is 6.30. The number of alkyl halides is 3. The lowest BCUT2D eigenvalue weighted by Crippen LogP contribution is -2.41. The number of likely N-dealkylation sites (N-methyl/N-ethyl adjacent to an activating group) is 1. The number of amides is 1. The molecular weight excluding hydrogens is 647 g/mol. The molecule has 1 unspecified atom stereocenters. The molecule has 9 nitrogen and oxygen atoms in total. The largest absolute Gasteiger partial charge is 0.493 e. The van der Waals surface area contributed by atoms with Gasteiger partial charge in [-0.05, 0) is 67.8 Å². The van der Waals surface area contributed by atoms with Crippen LogP contribution in [-0.2, 0) is 6.54 Å². The molecule has 0 aliphatic carbocycles. The Kier molecular flexibility index (Phi) is 11.3. The number of ether oxygens (including phenoxy) is 3. The molecule has 1 fully saturated rings. The number of halogens is 4. The first-order valence-electron chi connectivity index (χ1n) is 15.8. The standard InChI is InChI=1S/C35H41ClF3N5O4/c1-42(33(45)25-19-30(46-2)32(48-4)31(20-25)47-3)21-24(23-8-7-9-26(36)18-23)12-15-43-16-13-27(14-17-43)40-34-41-28-10-5-6-11-29(28)44(34)22-35(37,38)39/h5-11,18-20,24,27H,12-17,21-22H2,1-4H3,(H,40,41). The molecule has 0 bridgehead atoms. The van der Waals surface area contributed by atoms with Crippen molar-refractivity contribution < 1.29 is 32.2 Å². The minimum absolute atomic E-state index is 0.00202. The molecule has 1 aliphatic rings. The molecule has 2 heterocycles. The Labute approximate surface area is 283 Å². The molecule has 0 radical (unpaired) electrons. The van der Waals surface area contributed by atoms with Crippen molar-refractivity contribution in [3.63, 3.8) is 0 Å². The summed E-state index contributed by atoms with van der Waals surface area (Å²) in [6, 6.07) is 17.9. The predicted molar refractivity (Wildman–Crippen MR) is 181 cm³/mol. The van der Waals surface area contributed by atoms with Crippen LogP contribution in [0.1, 0.15) is 41.1 Å². The Hall–Kier alpha value is -4.16.